The third-order valence-corrected chi connectivity index (χ3v) is 3.28. The summed E-state index contributed by atoms with van der Waals surface area (Å²) in [6.45, 7) is 3.65. The van der Waals surface area contributed by atoms with Crippen LogP contribution in [0.4, 0.5) is 0 Å². The smallest absolute Gasteiger partial charge is 0.0238 e. The van der Waals surface area contributed by atoms with E-state index in [1.807, 2.05) is 23.9 Å². The minimum absolute atomic E-state index is 1.08. The van der Waals surface area contributed by atoms with E-state index < -0.39 is 0 Å². The molecule has 1 heterocycles. The Morgan fingerprint density at radius 3 is 2.93 bits per heavy atom. The van der Waals surface area contributed by atoms with Crippen molar-refractivity contribution in [1.29, 1.82) is 0 Å². The summed E-state index contributed by atoms with van der Waals surface area (Å²) < 4.78 is 0. The molecule has 1 aromatic rings. The van der Waals surface area contributed by atoms with E-state index in [0.717, 1.165) is 5.75 Å². The number of rotatable bonds is 2. The average Bonchev–Trinajstić information content (AvgIpc) is 2.63. The van der Waals surface area contributed by atoms with Crippen LogP contribution in [-0.2, 0) is 0 Å². The Morgan fingerprint density at radius 1 is 1.21 bits per heavy atom. The Labute approximate surface area is 89.0 Å². The zero-order valence-corrected chi connectivity index (χ0v) is 8.76. The predicted octanol–water partition coefficient (Wildman–Crippen LogP) is 3.92. The molecule has 0 amide bonds. The van der Waals surface area contributed by atoms with Gasteiger partial charge in [0, 0.05) is 10.6 Å². The van der Waals surface area contributed by atoms with Crippen LogP contribution in [0.3, 0.4) is 0 Å². The molecule has 0 bridgehead atoms. The minimum Gasteiger partial charge on any atom is -0.121 e. The van der Waals surface area contributed by atoms with E-state index in [4.69, 9.17) is 0 Å². The van der Waals surface area contributed by atoms with Crippen molar-refractivity contribution in [2.45, 2.75) is 4.90 Å². The SMILES string of the molecule is C=C/C=C\C=C1/CSc2ccccc21. The van der Waals surface area contributed by atoms with Gasteiger partial charge >= 0.3 is 0 Å². The highest BCUT2D eigenvalue weighted by atomic mass is 32.2. The van der Waals surface area contributed by atoms with E-state index in [9.17, 15) is 0 Å². The molecule has 1 aromatic carbocycles. The standard InChI is InChI=1S/C13H12S/c1-2-3-4-7-11-10-14-13-9-6-5-8-12(11)13/h2-9H,1,10H2/b4-3-,11-7+. The summed E-state index contributed by atoms with van der Waals surface area (Å²) in [7, 11) is 0. The Hall–Kier alpha value is -1.21. The number of allylic oxidation sites excluding steroid dienone is 4. The maximum atomic E-state index is 3.65. The lowest BCUT2D eigenvalue weighted by molar-refractivity contribution is 1.43. The molecular weight excluding hydrogens is 188 g/mol. The summed E-state index contributed by atoms with van der Waals surface area (Å²) in [6.07, 6.45) is 7.97. The van der Waals surface area contributed by atoms with Crippen LogP contribution < -0.4 is 0 Å². The molecule has 0 unspecified atom stereocenters. The summed E-state index contributed by atoms with van der Waals surface area (Å²) >= 11 is 1.91. The van der Waals surface area contributed by atoms with Crippen molar-refractivity contribution in [2.75, 3.05) is 5.75 Å². The number of thioether (sulfide) groups is 1. The van der Waals surface area contributed by atoms with Crippen LogP contribution in [-0.4, -0.2) is 5.75 Å². The maximum Gasteiger partial charge on any atom is 0.0238 e. The van der Waals surface area contributed by atoms with Crippen LogP contribution in [0.15, 0.2) is 60.0 Å². The molecule has 0 radical (unpaired) electrons. The predicted molar refractivity (Wildman–Crippen MR) is 64.5 cm³/mol. The normalized spacial score (nSPS) is 17.6. The second-order valence-corrected chi connectivity index (χ2v) is 4.11. The van der Waals surface area contributed by atoms with Crippen molar-refractivity contribution < 1.29 is 0 Å². The van der Waals surface area contributed by atoms with Gasteiger partial charge in [-0.05, 0) is 17.2 Å². The van der Waals surface area contributed by atoms with E-state index in [1.54, 1.807) is 6.08 Å². The summed E-state index contributed by atoms with van der Waals surface area (Å²) in [4.78, 5) is 1.39. The minimum atomic E-state index is 1.08. The third-order valence-electron chi connectivity index (χ3n) is 2.16. The van der Waals surface area contributed by atoms with Crippen LogP contribution in [0.25, 0.3) is 5.57 Å². The molecule has 0 fully saturated rings. The molecule has 0 atom stereocenters. The van der Waals surface area contributed by atoms with Gasteiger partial charge in [0.25, 0.3) is 0 Å². The molecule has 0 aromatic heterocycles. The highest BCUT2D eigenvalue weighted by Gasteiger charge is 2.14. The van der Waals surface area contributed by atoms with Gasteiger partial charge in [-0.1, -0.05) is 49.1 Å². The Balaban J connectivity index is 2.30. The molecule has 0 N–H and O–H groups in total. The first-order valence-electron chi connectivity index (χ1n) is 4.62. The van der Waals surface area contributed by atoms with Crippen molar-refractivity contribution in [3.05, 3.63) is 60.7 Å². The molecule has 2 rings (SSSR count). The van der Waals surface area contributed by atoms with Crippen LogP contribution in [0.5, 0.6) is 0 Å². The van der Waals surface area contributed by atoms with Crippen LogP contribution in [0.1, 0.15) is 5.56 Å². The van der Waals surface area contributed by atoms with E-state index in [2.05, 4.69) is 36.9 Å². The lowest BCUT2D eigenvalue weighted by Gasteiger charge is -1.96. The molecule has 0 spiro atoms. The average molecular weight is 200 g/mol. The first kappa shape index (κ1) is 9.35. The van der Waals surface area contributed by atoms with Gasteiger partial charge in [0.2, 0.25) is 0 Å². The van der Waals surface area contributed by atoms with Gasteiger partial charge < -0.3 is 0 Å². The summed E-state index contributed by atoms with van der Waals surface area (Å²) in [5.74, 6) is 1.08. The fourth-order valence-corrected chi connectivity index (χ4v) is 2.57. The fourth-order valence-electron chi connectivity index (χ4n) is 1.48. The maximum absolute atomic E-state index is 3.65. The number of fused-ring (bicyclic) bond motifs is 1. The Bertz CT molecular complexity index is 399. The highest BCUT2D eigenvalue weighted by Crippen LogP contribution is 2.38. The van der Waals surface area contributed by atoms with Crippen LogP contribution in [0, 0.1) is 0 Å². The van der Waals surface area contributed by atoms with Gasteiger partial charge in [-0.2, -0.15) is 0 Å². The van der Waals surface area contributed by atoms with E-state index >= 15 is 0 Å². The van der Waals surface area contributed by atoms with Crippen molar-refractivity contribution >= 4 is 17.3 Å². The fraction of sp³-hybridized carbons (Fsp3) is 0.0769. The number of benzene rings is 1. The molecule has 0 aliphatic carbocycles. The second kappa shape index (κ2) is 4.34. The molecule has 0 saturated carbocycles. The van der Waals surface area contributed by atoms with Gasteiger partial charge in [-0.25, -0.2) is 0 Å². The lowest BCUT2D eigenvalue weighted by atomic mass is 10.1. The molecule has 1 aliphatic heterocycles. The topological polar surface area (TPSA) is 0 Å². The molecule has 70 valence electrons. The van der Waals surface area contributed by atoms with Crippen LogP contribution in [0.2, 0.25) is 0 Å². The zero-order valence-electron chi connectivity index (χ0n) is 7.94. The van der Waals surface area contributed by atoms with Gasteiger partial charge in [-0.3, -0.25) is 0 Å². The van der Waals surface area contributed by atoms with Crippen molar-refractivity contribution in [3.8, 4) is 0 Å². The molecule has 0 nitrogen and oxygen atoms in total. The first-order chi connectivity index (χ1) is 6.92. The summed E-state index contributed by atoms with van der Waals surface area (Å²) in [6, 6.07) is 8.55. The van der Waals surface area contributed by atoms with Gasteiger partial charge in [-0.15, -0.1) is 11.8 Å². The van der Waals surface area contributed by atoms with Crippen molar-refractivity contribution in [2.24, 2.45) is 0 Å². The first-order valence-corrected chi connectivity index (χ1v) is 5.61. The summed E-state index contributed by atoms with van der Waals surface area (Å²) in [5, 5.41) is 0. The van der Waals surface area contributed by atoms with Gasteiger partial charge in [0.1, 0.15) is 0 Å². The van der Waals surface area contributed by atoms with Gasteiger partial charge in [0.05, 0.1) is 0 Å². The number of hydrogen-bond donors (Lipinski definition) is 0. The van der Waals surface area contributed by atoms with E-state index in [1.165, 1.54) is 16.0 Å². The molecule has 1 aliphatic rings. The third kappa shape index (κ3) is 1.83. The largest absolute Gasteiger partial charge is 0.121 e. The second-order valence-electron chi connectivity index (χ2n) is 3.10. The Kier molecular flexibility index (Phi) is 2.90. The van der Waals surface area contributed by atoms with Crippen molar-refractivity contribution in [1.82, 2.24) is 0 Å². The molecular formula is C13H12S. The summed E-state index contributed by atoms with van der Waals surface area (Å²) in [5.41, 5.74) is 2.79. The highest BCUT2D eigenvalue weighted by molar-refractivity contribution is 8.00. The van der Waals surface area contributed by atoms with E-state index in [0.29, 0.717) is 0 Å². The molecule has 14 heavy (non-hydrogen) atoms. The zero-order chi connectivity index (χ0) is 9.80. The molecule has 0 saturated heterocycles. The van der Waals surface area contributed by atoms with Crippen molar-refractivity contribution in [3.63, 3.8) is 0 Å². The Morgan fingerprint density at radius 2 is 2.07 bits per heavy atom. The molecule has 1 heteroatoms. The number of hydrogen-bond acceptors (Lipinski definition) is 1. The van der Waals surface area contributed by atoms with Gasteiger partial charge in [0.15, 0.2) is 0 Å². The quantitative estimate of drug-likeness (QED) is 0.652. The van der Waals surface area contributed by atoms with E-state index in [-0.39, 0.29) is 0 Å². The monoisotopic (exact) mass is 200 g/mol. The lowest BCUT2D eigenvalue weighted by Crippen LogP contribution is -1.78. The van der Waals surface area contributed by atoms with Crippen LogP contribution >= 0.6 is 11.8 Å².